The molecule has 23 heavy (non-hydrogen) atoms. The molecule has 5 nitrogen and oxygen atoms in total. The van der Waals surface area contributed by atoms with Gasteiger partial charge in [-0.3, -0.25) is 4.90 Å². The maximum Gasteiger partial charge on any atom is 0.188 e. The Kier molecular flexibility index (Phi) is 9.31. The first-order valence-electron chi connectivity index (χ1n) is 8.22. The van der Waals surface area contributed by atoms with Gasteiger partial charge in [0.1, 0.15) is 5.75 Å². The fourth-order valence-corrected chi connectivity index (χ4v) is 2.90. The summed E-state index contributed by atoms with van der Waals surface area (Å²) in [6, 6.07) is 8.57. The van der Waals surface area contributed by atoms with Crippen LogP contribution in [0.25, 0.3) is 0 Å². The van der Waals surface area contributed by atoms with E-state index in [-0.39, 0.29) is 24.0 Å². The molecule has 0 amide bonds. The van der Waals surface area contributed by atoms with Crippen molar-refractivity contribution in [1.29, 1.82) is 0 Å². The van der Waals surface area contributed by atoms with Gasteiger partial charge in [-0.15, -0.1) is 24.0 Å². The van der Waals surface area contributed by atoms with Crippen LogP contribution in [0.4, 0.5) is 0 Å². The van der Waals surface area contributed by atoms with Crippen molar-refractivity contribution >= 4 is 29.9 Å². The van der Waals surface area contributed by atoms with Gasteiger partial charge in [-0.25, -0.2) is 4.99 Å². The number of benzene rings is 1. The van der Waals surface area contributed by atoms with Gasteiger partial charge in [-0.1, -0.05) is 19.1 Å². The lowest BCUT2D eigenvalue weighted by Gasteiger charge is -2.23. The zero-order valence-corrected chi connectivity index (χ0v) is 16.5. The molecule has 0 saturated carbocycles. The molecule has 1 saturated heterocycles. The molecule has 1 atom stereocenters. The van der Waals surface area contributed by atoms with Crippen molar-refractivity contribution in [2.24, 2.45) is 10.7 Å². The zero-order valence-electron chi connectivity index (χ0n) is 14.1. The summed E-state index contributed by atoms with van der Waals surface area (Å²) in [6.45, 7) is 8.62. The highest BCUT2D eigenvalue weighted by atomic mass is 127. The smallest absolute Gasteiger partial charge is 0.188 e. The second kappa shape index (κ2) is 10.7. The van der Waals surface area contributed by atoms with Crippen molar-refractivity contribution in [3.63, 3.8) is 0 Å². The van der Waals surface area contributed by atoms with E-state index in [1.165, 1.54) is 19.4 Å². The van der Waals surface area contributed by atoms with Crippen LogP contribution in [0, 0.1) is 0 Å². The molecule has 1 heterocycles. The highest BCUT2D eigenvalue weighted by Gasteiger charge is 2.22. The zero-order chi connectivity index (χ0) is 15.8. The number of aliphatic imine (C=N–C) groups is 1. The Bertz CT molecular complexity index is 495. The van der Waals surface area contributed by atoms with Crippen molar-refractivity contribution in [1.82, 2.24) is 10.2 Å². The molecule has 0 aromatic heterocycles. The molecule has 3 N–H and O–H groups in total. The maximum absolute atomic E-state index is 5.97. The Hall–Kier alpha value is -1.02. The minimum Gasteiger partial charge on any atom is -0.494 e. The van der Waals surface area contributed by atoms with Gasteiger partial charge in [-0.05, 0) is 50.6 Å². The van der Waals surface area contributed by atoms with E-state index in [1.54, 1.807) is 0 Å². The molecule has 1 unspecified atom stereocenters. The van der Waals surface area contributed by atoms with Crippen molar-refractivity contribution < 1.29 is 4.74 Å². The first-order valence-corrected chi connectivity index (χ1v) is 8.22. The van der Waals surface area contributed by atoms with Crippen molar-refractivity contribution in [3.05, 3.63) is 29.8 Å². The topological polar surface area (TPSA) is 62.9 Å². The van der Waals surface area contributed by atoms with Crippen LogP contribution in [0.5, 0.6) is 5.75 Å². The third-order valence-corrected chi connectivity index (χ3v) is 4.07. The van der Waals surface area contributed by atoms with E-state index >= 15 is 0 Å². The number of likely N-dealkylation sites (tertiary alicyclic amines) is 1. The predicted octanol–water partition coefficient (Wildman–Crippen LogP) is 2.59. The highest BCUT2D eigenvalue weighted by Crippen LogP contribution is 2.16. The van der Waals surface area contributed by atoms with Crippen LogP contribution >= 0.6 is 24.0 Å². The molecule has 1 aromatic rings. The first kappa shape index (κ1) is 20.0. The Balaban J connectivity index is 0.00000264. The number of hydrogen-bond acceptors (Lipinski definition) is 3. The number of ether oxygens (including phenoxy) is 1. The highest BCUT2D eigenvalue weighted by molar-refractivity contribution is 14.0. The van der Waals surface area contributed by atoms with Crippen LogP contribution in [-0.2, 0) is 6.54 Å². The summed E-state index contributed by atoms with van der Waals surface area (Å²) in [4.78, 5) is 6.91. The van der Waals surface area contributed by atoms with Crippen LogP contribution in [0.15, 0.2) is 29.3 Å². The molecule has 0 bridgehead atoms. The number of nitrogens with zero attached hydrogens (tertiary/aromatic N) is 2. The van der Waals surface area contributed by atoms with Crippen LogP contribution < -0.4 is 15.8 Å². The summed E-state index contributed by atoms with van der Waals surface area (Å²) >= 11 is 0. The quantitative estimate of drug-likeness (QED) is 0.395. The number of halogens is 1. The van der Waals surface area contributed by atoms with Gasteiger partial charge in [0.25, 0.3) is 0 Å². The molecule has 6 heteroatoms. The van der Waals surface area contributed by atoms with E-state index in [0.717, 1.165) is 24.4 Å². The number of likely N-dealkylation sites (N-methyl/N-ethyl adjacent to an activating group) is 1. The van der Waals surface area contributed by atoms with E-state index in [2.05, 4.69) is 22.1 Å². The normalized spacial score (nSPS) is 18.5. The van der Waals surface area contributed by atoms with E-state index in [0.29, 0.717) is 25.2 Å². The number of nitrogens with one attached hydrogen (secondary N) is 1. The van der Waals surface area contributed by atoms with E-state index in [4.69, 9.17) is 10.5 Å². The van der Waals surface area contributed by atoms with Crippen LogP contribution in [0.3, 0.4) is 0 Å². The van der Waals surface area contributed by atoms with Crippen LogP contribution in [0.1, 0.15) is 32.3 Å². The summed E-state index contributed by atoms with van der Waals surface area (Å²) in [5.41, 5.74) is 7.08. The molecule has 0 spiro atoms. The minimum atomic E-state index is 0. The van der Waals surface area contributed by atoms with Gasteiger partial charge in [-0.2, -0.15) is 0 Å². The molecule has 2 rings (SSSR count). The molecule has 1 aliphatic heterocycles. The lowest BCUT2D eigenvalue weighted by Crippen LogP contribution is -2.42. The standard InChI is InChI=1S/C17H28N4O.HI/c1-3-21-10-6-8-15(21)13-20-17(18)19-12-14-7-5-9-16(11-14)22-4-2;/h5,7,9,11,15H,3-4,6,8,10,12-13H2,1-2H3,(H3,18,19,20);1H. The number of hydrogen-bond donors (Lipinski definition) is 2. The lowest BCUT2D eigenvalue weighted by molar-refractivity contribution is 0.267. The first-order chi connectivity index (χ1) is 10.7. The average Bonchev–Trinajstić information content (AvgIpc) is 2.99. The summed E-state index contributed by atoms with van der Waals surface area (Å²) in [5.74, 6) is 1.40. The van der Waals surface area contributed by atoms with Gasteiger partial charge in [0.05, 0.1) is 13.2 Å². The second-order valence-electron chi connectivity index (χ2n) is 5.59. The average molecular weight is 432 g/mol. The van der Waals surface area contributed by atoms with Gasteiger partial charge in [0.15, 0.2) is 5.96 Å². The van der Waals surface area contributed by atoms with Crippen molar-refractivity contribution in [3.8, 4) is 5.75 Å². The van der Waals surface area contributed by atoms with Gasteiger partial charge >= 0.3 is 0 Å². The fourth-order valence-electron chi connectivity index (χ4n) is 2.90. The molecular formula is C17H29IN4O. The minimum absolute atomic E-state index is 0. The molecule has 1 aromatic carbocycles. The molecule has 130 valence electrons. The fraction of sp³-hybridized carbons (Fsp3) is 0.588. The van der Waals surface area contributed by atoms with Gasteiger partial charge < -0.3 is 15.8 Å². The third kappa shape index (κ3) is 6.55. The maximum atomic E-state index is 5.97. The third-order valence-electron chi connectivity index (χ3n) is 4.07. The van der Waals surface area contributed by atoms with E-state index in [1.807, 2.05) is 31.2 Å². The van der Waals surface area contributed by atoms with Crippen molar-refractivity contribution in [2.45, 2.75) is 39.3 Å². The summed E-state index contributed by atoms with van der Waals surface area (Å²) < 4.78 is 5.49. The summed E-state index contributed by atoms with van der Waals surface area (Å²) in [6.07, 6.45) is 2.52. The van der Waals surface area contributed by atoms with Crippen LogP contribution in [-0.4, -0.2) is 43.1 Å². The number of guanidine groups is 1. The van der Waals surface area contributed by atoms with Crippen LogP contribution in [0.2, 0.25) is 0 Å². The lowest BCUT2D eigenvalue weighted by atomic mass is 10.2. The Morgan fingerprint density at radius 2 is 2.26 bits per heavy atom. The number of rotatable bonds is 7. The Morgan fingerprint density at radius 3 is 3.00 bits per heavy atom. The summed E-state index contributed by atoms with van der Waals surface area (Å²) in [5, 5.41) is 3.25. The summed E-state index contributed by atoms with van der Waals surface area (Å²) in [7, 11) is 0. The molecule has 0 aliphatic carbocycles. The van der Waals surface area contributed by atoms with Gasteiger partial charge in [0.2, 0.25) is 0 Å². The van der Waals surface area contributed by atoms with E-state index in [9.17, 15) is 0 Å². The van der Waals surface area contributed by atoms with Crippen molar-refractivity contribution in [2.75, 3.05) is 26.2 Å². The molecule has 0 radical (unpaired) electrons. The molecule has 1 fully saturated rings. The van der Waals surface area contributed by atoms with E-state index < -0.39 is 0 Å². The molecule has 1 aliphatic rings. The number of nitrogens with two attached hydrogens (primary N) is 1. The largest absolute Gasteiger partial charge is 0.494 e. The second-order valence-corrected chi connectivity index (χ2v) is 5.59. The Labute approximate surface area is 156 Å². The predicted molar refractivity (Wildman–Crippen MR) is 107 cm³/mol. The Morgan fingerprint density at radius 1 is 1.43 bits per heavy atom. The monoisotopic (exact) mass is 432 g/mol. The molecular weight excluding hydrogens is 403 g/mol. The SMILES string of the molecule is CCOc1cccc(CN=C(N)NCC2CCCN2CC)c1.I. The van der Waals surface area contributed by atoms with Gasteiger partial charge in [0, 0.05) is 12.6 Å².